The van der Waals surface area contributed by atoms with Crippen molar-refractivity contribution >= 4 is 75.1 Å². The van der Waals surface area contributed by atoms with Crippen LogP contribution >= 0.6 is 47.2 Å². The molecule has 3 rings (SSSR count). The summed E-state index contributed by atoms with van der Waals surface area (Å²) in [5.41, 5.74) is 2.68. The summed E-state index contributed by atoms with van der Waals surface area (Å²) in [7, 11) is 0. The summed E-state index contributed by atoms with van der Waals surface area (Å²) < 4.78 is 0.509. The molecule has 0 aromatic heterocycles. The molecule has 4 nitrogen and oxygen atoms in total. The second kappa shape index (κ2) is 10.4. The topological polar surface area (TPSA) is 49.4 Å². The van der Waals surface area contributed by atoms with Gasteiger partial charge in [-0.25, -0.2) is 0 Å². The number of amides is 2. The van der Waals surface area contributed by atoms with Crippen molar-refractivity contribution in [3.05, 3.63) is 68.5 Å². The van der Waals surface area contributed by atoms with Crippen molar-refractivity contribution in [2.75, 3.05) is 11.9 Å². The standard InChI is InChI=1S/C22H20Cl2N2O2S2/c1-2-14-8-10-15(11-9-14)13-18-21(28)26(22(29)30-18)12-4-7-19(27)25-17-6-3-5-16(23)20(17)24/h3,5-6,8-11,13H,2,4,7,12H2,1H3,(H,25,27)/b18-13+. The molecule has 0 radical (unpaired) electrons. The molecule has 0 atom stereocenters. The van der Waals surface area contributed by atoms with Gasteiger partial charge in [0.2, 0.25) is 5.91 Å². The normalized spacial score (nSPS) is 15.2. The molecule has 1 aliphatic rings. The Hall–Kier alpha value is -1.86. The molecular weight excluding hydrogens is 459 g/mol. The van der Waals surface area contributed by atoms with Gasteiger partial charge in [-0.05, 0) is 42.2 Å². The maximum atomic E-state index is 12.7. The number of nitrogens with one attached hydrogen (secondary N) is 1. The van der Waals surface area contributed by atoms with Gasteiger partial charge in [0.05, 0.1) is 20.6 Å². The van der Waals surface area contributed by atoms with Gasteiger partial charge in [0.25, 0.3) is 5.91 Å². The van der Waals surface area contributed by atoms with Gasteiger partial charge in [-0.15, -0.1) is 0 Å². The molecule has 2 aromatic carbocycles. The highest BCUT2D eigenvalue weighted by molar-refractivity contribution is 8.26. The van der Waals surface area contributed by atoms with Crippen molar-refractivity contribution in [3.8, 4) is 0 Å². The third-order valence-corrected chi connectivity index (χ3v) is 6.77. The fraction of sp³-hybridized carbons (Fsp3) is 0.227. The molecule has 0 spiro atoms. The van der Waals surface area contributed by atoms with Gasteiger partial charge in [-0.2, -0.15) is 0 Å². The van der Waals surface area contributed by atoms with E-state index in [1.807, 2.05) is 18.2 Å². The minimum absolute atomic E-state index is 0.122. The number of thioether (sulfide) groups is 1. The number of anilines is 1. The minimum Gasteiger partial charge on any atom is -0.325 e. The first-order chi connectivity index (χ1) is 14.4. The average Bonchev–Trinajstić information content (AvgIpc) is 2.99. The van der Waals surface area contributed by atoms with Crippen molar-refractivity contribution in [1.29, 1.82) is 0 Å². The summed E-state index contributed by atoms with van der Waals surface area (Å²) in [5, 5.41) is 3.43. The number of hydrogen-bond acceptors (Lipinski definition) is 4. The largest absolute Gasteiger partial charge is 0.325 e. The van der Waals surface area contributed by atoms with Crippen LogP contribution in [0.15, 0.2) is 47.4 Å². The molecule has 0 saturated carbocycles. The van der Waals surface area contributed by atoms with Gasteiger partial charge in [-0.1, -0.05) is 84.4 Å². The van der Waals surface area contributed by atoms with Gasteiger partial charge in [0.1, 0.15) is 4.32 Å². The van der Waals surface area contributed by atoms with Crippen LogP contribution in [0.4, 0.5) is 5.69 Å². The lowest BCUT2D eigenvalue weighted by molar-refractivity contribution is -0.122. The van der Waals surface area contributed by atoms with Crippen molar-refractivity contribution in [2.45, 2.75) is 26.2 Å². The van der Waals surface area contributed by atoms with E-state index in [0.29, 0.717) is 37.9 Å². The summed E-state index contributed by atoms with van der Waals surface area (Å²) in [6.45, 7) is 2.48. The van der Waals surface area contributed by atoms with Crippen LogP contribution in [0.2, 0.25) is 10.0 Å². The molecule has 1 saturated heterocycles. The highest BCUT2D eigenvalue weighted by Gasteiger charge is 2.31. The number of nitrogens with zero attached hydrogens (tertiary/aromatic N) is 1. The van der Waals surface area contributed by atoms with E-state index < -0.39 is 0 Å². The zero-order valence-corrected chi connectivity index (χ0v) is 19.4. The fourth-order valence-electron chi connectivity index (χ4n) is 2.90. The van der Waals surface area contributed by atoms with Gasteiger partial charge in [0.15, 0.2) is 0 Å². The quantitative estimate of drug-likeness (QED) is 0.381. The molecule has 30 heavy (non-hydrogen) atoms. The van der Waals surface area contributed by atoms with Gasteiger partial charge >= 0.3 is 0 Å². The van der Waals surface area contributed by atoms with Crippen LogP contribution in [0.5, 0.6) is 0 Å². The Balaban J connectivity index is 1.54. The van der Waals surface area contributed by atoms with E-state index in [1.165, 1.54) is 17.3 Å². The molecule has 0 aliphatic carbocycles. The van der Waals surface area contributed by atoms with E-state index in [0.717, 1.165) is 12.0 Å². The summed E-state index contributed by atoms with van der Waals surface area (Å²) in [5.74, 6) is -0.320. The molecule has 0 bridgehead atoms. The number of rotatable bonds is 7. The monoisotopic (exact) mass is 478 g/mol. The number of benzene rings is 2. The molecule has 1 fully saturated rings. The van der Waals surface area contributed by atoms with Crippen LogP contribution in [-0.2, 0) is 16.0 Å². The molecule has 1 N–H and O–H groups in total. The predicted molar refractivity (Wildman–Crippen MR) is 130 cm³/mol. The van der Waals surface area contributed by atoms with Crippen LogP contribution in [0.3, 0.4) is 0 Å². The SMILES string of the molecule is CCc1ccc(/C=C2/SC(=S)N(CCCC(=O)Nc3cccc(Cl)c3Cl)C2=O)cc1. The van der Waals surface area contributed by atoms with Gasteiger partial charge in [0, 0.05) is 13.0 Å². The maximum Gasteiger partial charge on any atom is 0.266 e. The molecule has 0 unspecified atom stereocenters. The van der Waals surface area contributed by atoms with Crippen molar-refractivity contribution < 1.29 is 9.59 Å². The lowest BCUT2D eigenvalue weighted by Crippen LogP contribution is -2.29. The van der Waals surface area contributed by atoms with E-state index in [4.69, 9.17) is 35.4 Å². The Morgan fingerprint density at radius 3 is 2.63 bits per heavy atom. The van der Waals surface area contributed by atoms with Crippen molar-refractivity contribution in [2.24, 2.45) is 0 Å². The lowest BCUT2D eigenvalue weighted by atomic mass is 10.1. The Morgan fingerprint density at radius 1 is 1.20 bits per heavy atom. The number of carbonyl (C=O) groups excluding carboxylic acids is 2. The first-order valence-corrected chi connectivity index (χ1v) is 11.4. The van der Waals surface area contributed by atoms with E-state index in [2.05, 4.69) is 24.4 Å². The third kappa shape index (κ3) is 5.64. The average molecular weight is 479 g/mol. The van der Waals surface area contributed by atoms with Crippen LogP contribution in [-0.4, -0.2) is 27.6 Å². The molecule has 2 amide bonds. The number of aryl methyl sites for hydroxylation is 1. The number of hydrogen-bond donors (Lipinski definition) is 1. The molecule has 1 aliphatic heterocycles. The Bertz CT molecular complexity index is 1010. The number of halogens is 2. The second-order valence-corrected chi connectivity index (χ2v) is 9.14. The summed E-state index contributed by atoms with van der Waals surface area (Å²) in [6, 6.07) is 13.2. The molecule has 8 heteroatoms. The van der Waals surface area contributed by atoms with Crippen LogP contribution in [0.1, 0.15) is 30.9 Å². The van der Waals surface area contributed by atoms with E-state index >= 15 is 0 Å². The lowest BCUT2D eigenvalue weighted by Gasteiger charge is -2.14. The second-order valence-electron chi connectivity index (χ2n) is 6.68. The van der Waals surface area contributed by atoms with E-state index in [1.54, 1.807) is 23.1 Å². The van der Waals surface area contributed by atoms with E-state index in [-0.39, 0.29) is 18.2 Å². The molecule has 156 valence electrons. The van der Waals surface area contributed by atoms with E-state index in [9.17, 15) is 9.59 Å². The Labute approximate surface area is 195 Å². The molecule has 1 heterocycles. The molecule has 2 aromatic rings. The number of thiocarbonyl (C=S) groups is 1. The van der Waals surface area contributed by atoms with Crippen LogP contribution < -0.4 is 5.32 Å². The fourth-order valence-corrected chi connectivity index (χ4v) is 4.56. The van der Waals surface area contributed by atoms with Crippen LogP contribution in [0, 0.1) is 0 Å². The smallest absolute Gasteiger partial charge is 0.266 e. The zero-order valence-electron chi connectivity index (χ0n) is 16.3. The summed E-state index contributed by atoms with van der Waals surface area (Å²) in [6.07, 6.45) is 3.54. The maximum absolute atomic E-state index is 12.7. The van der Waals surface area contributed by atoms with Gasteiger partial charge in [-0.3, -0.25) is 14.5 Å². The van der Waals surface area contributed by atoms with Crippen molar-refractivity contribution in [1.82, 2.24) is 4.90 Å². The zero-order chi connectivity index (χ0) is 21.7. The third-order valence-electron chi connectivity index (χ3n) is 4.57. The molecular formula is C22H20Cl2N2O2S2. The summed E-state index contributed by atoms with van der Waals surface area (Å²) >= 11 is 18.7. The first kappa shape index (κ1) is 22.8. The van der Waals surface area contributed by atoms with Crippen LogP contribution in [0.25, 0.3) is 6.08 Å². The number of carbonyl (C=O) groups is 2. The van der Waals surface area contributed by atoms with Gasteiger partial charge < -0.3 is 5.32 Å². The highest BCUT2D eigenvalue weighted by Crippen LogP contribution is 2.33. The van der Waals surface area contributed by atoms with Crippen molar-refractivity contribution in [3.63, 3.8) is 0 Å². The predicted octanol–water partition coefficient (Wildman–Crippen LogP) is 6.18. The highest BCUT2D eigenvalue weighted by atomic mass is 35.5. The first-order valence-electron chi connectivity index (χ1n) is 9.47. The Morgan fingerprint density at radius 2 is 1.93 bits per heavy atom. The Kier molecular flexibility index (Phi) is 7.94. The summed E-state index contributed by atoms with van der Waals surface area (Å²) in [4.78, 5) is 27.1. The minimum atomic E-state index is -0.198.